The molecule has 5 aliphatic rings. The summed E-state index contributed by atoms with van der Waals surface area (Å²) in [5.74, 6) is 4.04. The molecular formula is C27H37FGeNOZr. The summed E-state index contributed by atoms with van der Waals surface area (Å²) >= 11 is -2.46. The molecule has 1 amide bonds. The molecule has 1 aromatic carbocycles. The third kappa shape index (κ3) is 3.80. The van der Waals surface area contributed by atoms with E-state index in [1.54, 1.807) is 3.28 Å². The SMILES string of the molecule is CC1=C(C)C(C)[C]([Zr]([NH]C(=O)C23CC4CC(CC(F)(C4)C2)C3)[GeH]([CH3])[c]2ccccc2)=C1C. The fraction of sp³-hybridized carbons (Fsp3) is 0.593. The number of hydrogen-bond donors (Lipinski definition) is 1. The maximum absolute atomic E-state index is 15.6. The summed E-state index contributed by atoms with van der Waals surface area (Å²) in [5.41, 5.74) is 2.84. The Labute approximate surface area is 202 Å². The quantitative estimate of drug-likeness (QED) is 0.465. The molecular weight excluding hydrogens is 537 g/mol. The number of alkyl halides is 1. The van der Waals surface area contributed by atoms with Gasteiger partial charge in [0, 0.05) is 0 Å². The fourth-order valence-electron chi connectivity index (χ4n) is 7.79. The third-order valence-electron chi connectivity index (χ3n) is 9.38. The Hall–Kier alpha value is -0.474. The molecule has 6 rings (SSSR count). The van der Waals surface area contributed by atoms with Gasteiger partial charge in [-0.15, -0.1) is 0 Å². The summed E-state index contributed by atoms with van der Waals surface area (Å²) in [5, 5.41) is 0. The summed E-state index contributed by atoms with van der Waals surface area (Å²) < 4.78 is 22.6. The molecule has 4 saturated carbocycles. The van der Waals surface area contributed by atoms with Crippen molar-refractivity contribution in [3.05, 3.63) is 50.3 Å². The van der Waals surface area contributed by atoms with Gasteiger partial charge in [0.25, 0.3) is 0 Å². The Balaban J connectivity index is 1.49. The molecule has 0 saturated heterocycles. The predicted octanol–water partition coefficient (Wildman–Crippen LogP) is 5.47. The molecule has 5 aliphatic carbocycles. The van der Waals surface area contributed by atoms with E-state index in [1.165, 1.54) is 21.1 Å². The van der Waals surface area contributed by atoms with Gasteiger partial charge in [0.05, 0.1) is 0 Å². The van der Waals surface area contributed by atoms with Crippen molar-refractivity contribution in [2.75, 3.05) is 0 Å². The second kappa shape index (κ2) is 8.33. The van der Waals surface area contributed by atoms with Crippen molar-refractivity contribution < 1.29 is 28.7 Å². The van der Waals surface area contributed by atoms with Gasteiger partial charge >= 0.3 is 204 Å². The van der Waals surface area contributed by atoms with E-state index in [4.69, 9.17) is 0 Å². The minimum absolute atomic E-state index is 0.242. The van der Waals surface area contributed by atoms with Gasteiger partial charge in [0.2, 0.25) is 0 Å². The summed E-state index contributed by atoms with van der Waals surface area (Å²) in [6, 6.07) is 11.0. The molecule has 4 atom stereocenters. The van der Waals surface area contributed by atoms with E-state index in [9.17, 15) is 4.79 Å². The molecule has 0 aromatic heterocycles. The van der Waals surface area contributed by atoms with Gasteiger partial charge in [0.1, 0.15) is 0 Å². The first-order valence-electron chi connectivity index (χ1n) is 12.4. The summed E-state index contributed by atoms with van der Waals surface area (Å²) in [6.07, 6.45) is 4.88. The van der Waals surface area contributed by atoms with Gasteiger partial charge in [0.15, 0.2) is 0 Å². The van der Waals surface area contributed by atoms with E-state index in [-0.39, 0.29) is 5.91 Å². The molecule has 5 heteroatoms. The first-order valence-corrected chi connectivity index (χ1v) is 27.1. The summed E-state index contributed by atoms with van der Waals surface area (Å²) in [6.45, 7) is 9.15. The Morgan fingerprint density at radius 3 is 2.22 bits per heavy atom. The third-order valence-corrected chi connectivity index (χ3v) is 39.7. The van der Waals surface area contributed by atoms with Gasteiger partial charge < -0.3 is 0 Å². The van der Waals surface area contributed by atoms with Crippen LogP contribution in [0.1, 0.15) is 66.2 Å². The van der Waals surface area contributed by atoms with Crippen LogP contribution in [0.4, 0.5) is 4.39 Å². The number of hydrogen-bond acceptors (Lipinski definition) is 1. The van der Waals surface area contributed by atoms with Crippen LogP contribution in [0.5, 0.6) is 0 Å². The predicted molar refractivity (Wildman–Crippen MR) is 128 cm³/mol. The maximum atomic E-state index is 15.6. The van der Waals surface area contributed by atoms with Crippen LogP contribution in [0.3, 0.4) is 0 Å². The second-order valence-electron chi connectivity index (χ2n) is 11.5. The average molecular weight is 574 g/mol. The number of benzene rings is 1. The first kappa shape index (κ1) is 23.3. The van der Waals surface area contributed by atoms with Gasteiger partial charge in [-0.1, -0.05) is 0 Å². The molecule has 32 heavy (non-hydrogen) atoms. The Morgan fingerprint density at radius 1 is 1.06 bits per heavy atom. The number of halogens is 1. The zero-order chi connectivity index (χ0) is 22.8. The topological polar surface area (TPSA) is 29.1 Å². The Kier molecular flexibility index (Phi) is 6.06. The minimum atomic E-state index is -2.46. The monoisotopic (exact) mass is 574 g/mol. The van der Waals surface area contributed by atoms with Crippen molar-refractivity contribution in [2.45, 2.75) is 77.6 Å². The Morgan fingerprint density at radius 2 is 1.69 bits per heavy atom. The second-order valence-corrected chi connectivity index (χ2v) is 38.1. The number of nitrogens with one attached hydrogen (secondary N) is 1. The average Bonchev–Trinajstić information content (AvgIpc) is 2.93. The zero-order valence-electron chi connectivity index (χ0n) is 20.2. The van der Waals surface area contributed by atoms with Crippen molar-refractivity contribution in [3.8, 4) is 0 Å². The van der Waals surface area contributed by atoms with Crippen LogP contribution in [0.2, 0.25) is 5.76 Å². The zero-order valence-corrected chi connectivity index (χ0v) is 25.1. The number of amides is 1. The van der Waals surface area contributed by atoms with Crippen molar-refractivity contribution in [1.29, 1.82) is 0 Å². The van der Waals surface area contributed by atoms with E-state index >= 15 is 4.39 Å². The molecule has 4 fully saturated rings. The van der Waals surface area contributed by atoms with Gasteiger partial charge in [-0.3, -0.25) is 0 Å². The van der Waals surface area contributed by atoms with Gasteiger partial charge in [-0.05, 0) is 0 Å². The van der Waals surface area contributed by atoms with E-state index in [0.29, 0.717) is 37.0 Å². The van der Waals surface area contributed by atoms with E-state index < -0.39 is 41.2 Å². The molecule has 4 bridgehead atoms. The van der Waals surface area contributed by atoms with Crippen LogP contribution in [0.15, 0.2) is 50.3 Å². The van der Waals surface area contributed by atoms with Gasteiger partial charge in [-0.25, -0.2) is 0 Å². The van der Waals surface area contributed by atoms with Crippen molar-refractivity contribution in [3.63, 3.8) is 0 Å². The van der Waals surface area contributed by atoms with Crippen molar-refractivity contribution in [2.24, 2.45) is 23.2 Å². The number of carbonyl (C=O) groups excluding carboxylic acids is 1. The Bertz CT molecular complexity index is 988. The van der Waals surface area contributed by atoms with E-state index in [2.05, 4.69) is 67.0 Å². The summed E-state index contributed by atoms with van der Waals surface area (Å²) in [7, 11) is -1.94. The first-order chi connectivity index (χ1) is 15.1. The van der Waals surface area contributed by atoms with Crippen LogP contribution in [0, 0.1) is 23.2 Å². The normalized spacial score (nSPS) is 36.6. The molecule has 2 nitrogen and oxygen atoms in total. The molecule has 1 aromatic rings. The van der Waals surface area contributed by atoms with Crippen molar-refractivity contribution >= 4 is 20.9 Å². The molecule has 0 spiro atoms. The molecule has 0 aliphatic heterocycles. The van der Waals surface area contributed by atoms with E-state index in [0.717, 1.165) is 19.3 Å². The van der Waals surface area contributed by atoms with Crippen molar-refractivity contribution in [1.82, 2.24) is 3.26 Å². The summed E-state index contributed by atoms with van der Waals surface area (Å²) in [4.78, 5) is 14.1. The van der Waals surface area contributed by atoms with Crippen LogP contribution < -0.4 is 7.66 Å². The fourth-order valence-corrected chi connectivity index (χ4v) is 39.2. The van der Waals surface area contributed by atoms with Crippen LogP contribution in [0.25, 0.3) is 0 Å². The number of allylic oxidation sites excluding steroid dienone is 4. The van der Waals surface area contributed by atoms with Crippen LogP contribution in [-0.2, 0) is 24.3 Å². The number of carbonyl (C=O) groups is 1. The molecule has 0 heterocycles. The van der Waals surface area contributed by atoms with Crippen LogP contribution in [-0.4, -0.2) is 22.1 Å². The molecule has 1 N–H and O–H groups in total. The standard InChI is InChI=1S/C11H16FNO.C9H13.C7H9Ge.Zr/c12-11-4-7-1-8(5-11)3-10(2-7,6-11)9(13)14;1-6-5-7(2)9(4)8(6)3;1-8-7-5-3-2-4-6-7;/h7-8H,1-6H2,(H2,13,14);6H,1-4H3;2-6,8H,1H3;/q;;;+1/p-1. The molecule has 0 radical (unpaired) electrons. The molecule has 4 unspecified atom stereocenters. The number of rotatable bonds is 5. The van der Waals surface area contributed by atoms with Gasteiger partial charge in [-0.2, -0.15) is 0 Å². The van der Waals surface area contributed by atoms with Crippen LogP contribution >= 0.6 is 0 Å². The van der Waals surface area contributed by atoms with E-state index in [1.807, 2.05) is 0 Å². The molecule has 171 valence electrons.